The highest BCUT2D eigenvalue weighted by Gasteiger charge is 2.46. The first-order valence-electron chi connectivity index (χ1n) is 11.4. The maximum Gasteiger partial charge on any atom is 0.253 e. The Balaban J connectivity index is 1.27. The molecule has 0 aliphatic carbocycles. The Hall–Kier alpha value is -3.81. The van der Waals surface area contributed by atoms with E-state index in [0.29, 0.717) is 37.4 Å². The number of H-pyrrole nitrogens is 1. The number of hydrogen-bond acceptors (Lipinski definition) is 5. The molecule has 1 aromatic heterocycles. The highest BCUT2D eigenvalue weighted by atomic mass is 16.5. The summed E-state index contributed by atoms with van der Waals surface area (Å²) in [4.78, 5) is 29.7. The molecule has 3 heterocycles. The summed E-state index contributed by atoms with van der Waals surface area (Å²) in [6.07, 6.45) is 5.68. The van der Waals surface area contributed by atoms with Crippen LogP contribution in [0.3, 0.4) is 0 Å². The lowest BCUT2D eigenvalue weighted by Crippen LogP contribution is -2.44. The third-order valence-electron chi connectivity index (χ3n) is 7.08. The second-order valence-corrected chi connectivity index (χ2v) is 9.05. The minimum atomic E-state index is -0.107. The van der Waals surface area contributed by atoms with Gasteiger partial charge in [0.2, 0.25) is 5.91 Å². The molecule has 2 amide bonds. The van der Waals surface area contributed by atoms with E-state index in [9.17, 15) is 9.59 Å². The van der Waals surface area contributed by atoms with Gasteiger partial charge in [0.05, 0.1) is 20.4 Å². The van der Waals surface area contributed by atoms with Gasteiger partial charge in [-0.3, -0.25) is 14.7 Å². The van der Waals surface area contributed by atoms with Crippen molar-refractivity contribution in [1.82, 2.24) is 15.1 Å². The van der Waals surface area contributed by atoms with E-state index in [-0.39, 0.29) is 17.2 Å². The number of anilines is 1. The molecule has 0 atom stereocenters. The van der Waals surface area contributed by atoms with Gasteiger partial charge in [0.15, 0.2) is 0 Å². The number of rotatable bonds is 5. The molecule has 0 saturated carbocycles. The quantitative estimate of drug-likeness (QED) is 0.627. The molecule has 2 saturated heterocycles. The molecule has 3 aromatic rings. The molecule has 176 valence electrons. The summed E-state index contributed by atoms with van der Waals surface area (Å²) < 4.78 is 10.8. The van der Waals surface area contributed by atoms with Crippen molar-refractivity contribution < 1.29 is 19.1 Å². The highest BCUT2D eigenvalue weighted by molar-refractivity contribution is 5.97. The van der Waals surface area contributed by atoms with Gasteiger partial charge in [-0.05, 0) is 49.2 Å². The maximum absolute atomic E-state index is 13.0. The van der Waals surface area contributed by atoms with Gasteiger partial charge in [0.25, 0.3) is 5.91 Å². The van der Waals surface area contributed by atoms with Gasteiger partial charge in [-0.25, -0.2) is 0 Å². The Morgan fingerprint density at radius 3 is 2.47 bits per heavy atom. The number of ether oxygens (including phenoxy) is 2. The fourth-order valence-corrected chi connectivity index (χ4v) is 5.05. The third kappa shape index (κ3) is 4.00. The van der Waals surface area contributed by atoms with E-state index in [1.807, 2.05) is 34.2 Å². The van der Waals surface area contributed by atoms with E-state index in [1.165, 1.54) is 0 Å². The van der Waals surface area contributed by atoms with Crippen LogP contribution in [-0.4, -0.2) is 60.8 Å². The van der Waals surface area contributed by atoms with E-state index in [2.05, 4.69) is 10.2 Å². The Kier molecular flexibility index (Phi) is 5.73. The van der Waals surface area contributed by atoms with Crippen LogP contribution in [0.1, 0.15) is 29.6 Å². The average molecular weight is 461 g/mol. The second-order valence-electron chi connectivity index (χ2n) is 9.05. The van der Waals surface area contributed by atoms with Crippen molar-refractivity contribution in [3.05, 3.63) is 60.4 Å². The van der Waals surface area contributed by atoms with E-state index in [0.717, 1.165) is 35.4 Å². The SMILES string of the molecule is COc1ccc(C(=O)N2CCC3(CC2)CC(=O)N(c2ccc(-c4cn[nH]c4)c(OC)c2)C3)cc1. The van der Waals surface area contributed by atoms with Crippen LogP contribution < -0.4 is 14.4 Å². The molecular formula is C26H28N4O4. The Morgan fingerprint density at radius 1 is 1.06 bits per heavy atom. The molecule has 0 radical (unpaired) electrons. The Labute approximate surface area is 198 Å². The fraction of sp³-hybridized carbons (Fsp3) is 0.346. The monoisotopic (exact) mass is 460 g/mol. The predicted molar refractivity (Wildman–Crippen MR) is 128 cm³/mol. The van der Waals surface area contributed by atoms with Gasteiger partial charge >= 0.3 is 0 Å². The largest absolute Gasteiger partial charge is 0.497 e. The number of benzene rings is 2. The second kappa shape index (κ2) is 8.85. The van der Waals surface area contributed by atoms with Crippen molar-refractivity contribution in [2.75, 3.05) is 38.8 Å². The number of methoxy groups -OCH3 is 2. The molecule has 2 aliphatic heterocycles. The van der Waals surface area contributed by atoms with Crippen LogP contribution in [0.2, 0.25) is 0 Å². The normalized spacial score (nSPS) is 17.3. The van der Waals surface area contributed by atoms with E-state index >= 15 is 0 Å². The lowest BCUT2D eigenvalue weighted by molar-refractivity contribution is -0.118. The number of aromatic amines is 1. The standard InChI is InChI=1S/C26H28N4O4/c1-33-21-6-3-18(4-7-21)25(32)29-11-9-26(10-12-29)14-24(31)30(17-26)20-5-8-22(23(13-20)34-2)19-15-27-28-16-19/h3-8,13,15-16H,9-12,14,17H2,1-2H3,(H,27,28). The highest BCUT2D eigenvalue weighted by Crippen LogP contribution is 2.44. The number of carbonyl (C=O) groups is 2. The summed E-state index contributed by atoms with van der Waals surface area (Å²) in [5.41, 5.74) is 3.24. The van der Waals surface area contributed by atoms with Crippen molar-refractivity contribution >= 4 is 17.5 Å². The minimum absolute atomic E-state index is 0.0262. The Bertz CT molecular complexity index is 1180. The minimum Gasteiger partial charge on any atom is -0.497 e. The number of carbonyl (C=O) groups excluding carboxylic acids is 2. The van der Waals surface area contributed by atoms with Crippen LogP contribution in [0.15, 0.2) is 54.9 Å². The van der Waals surface area contributed by atoms with Gasteiger partial charge in [-0.2, -0.15) is 5.10 Å². The van der Waals surface area contributed by atoms with Crippen LogP contribution in [0.4, 0.5) is 5.69 Å². The summed E-state index contributed by atoms with van der Waals surface area (Å²) in [5.74, 6) is 1.58. The van der Waals surface area contributed by atoms with Crippen molar-refractivity contribution in [3.63, 3.8) is 0 Å². The zero-order valence-electron chi connectivity index (χ0n) is 19.4. The van der Waals surface area contributed by atoms with Gasteiger partial charge in [0.1, 0.15) is 11.5 Å². The first kappa shape index (κ1) is 22.0. The summed E-state index contributed by atoms with van der Waals surface area (Å²) in [7, 11) is 3.24. The number of amides is 2. The van der Waals surface area contributed by atoms with Gasteiger partial charge < -0.3 is 19.3 Å². The number of piperidine rings is 1. The van der Waals surface area contributed by atoms with Gasteiger partial charge in [0, 0.05) is 66.1 Å². The van der Waals surface area contributed by atoms with Crippen molar-refractivity contribution in [3.8, 4) is 22.6 Å². The van der Waals surface area contributed by atoms with Crippen molar-refractivity contribution in [2.45, 2.75) is 19.3 Å². The van der Waals surface area contributed by atoms with Crippen molar-refractivity contribution in [1.29, 1.82) is 0 Å². The number of nitrogens with one attached hydrogen (secondary N) is 1. The molecule has 8 heteroatoms. The molecule has 2 aliphatic rings. The van der Waals surface area contributed by atoms with E-state index in [1.54, 1.807) is 44.7 Å². The number of hydrogen-bond donors (Lipinski definition) is 1. The van der Waals surface area contributed by atoms with Crippen LogP contribution >= 0.6 is 0 Å². The Morgan fingerprint density at radius 2 is 1.82 bits per heavy atom. The predicted octanol–water partition coefficient (Wildman–Crippen LogP) is 3.75. The van der Waals surface area contributed by atoms with Gasteiger partial charge in [-0.1, -0.05) is 0 Å². The zero-order valence-corrected chi connectivity index (χ0v) is 19.4. The lowest BCUT2D eigenvalue weighted by Gasteiger charge is -2.38. The van der Waals surface area contributed by atoms with Crippen LogP contribution in [0.5, 0.6) is 11.5 Å². The van der Waals surface area contributed by atoms with E-state index in [4.69, 9.17) is 9.47 Å². The molecule has 5 rings (SSSR count). The smallest absolute Gasteiger partial charge is 0.253 e. The number of likely N-dealkylation sites (tertiary alicyclic amines) is 1. The molecular weight excluding hydrogens is 432 g/mol. The topological polar surface area (TPSA) is 87.8 Å². The molecule has 0 unspecified atom stereocenters. The number of nitrogens with zero attached hydrogens (tertiary/aromatic N) is 3. The van der Waals surface area contributed by atoms with Gasteiger partial charge in [-0.15, -0.1) is 0 Å². The van der Waals surface area contributed by atoms with E-state index < -0.39 is 0 Å². The summed E-state index contributed by atoms with van der Waals surface area (Å²) in [5, 5.41) is 6.83. The molecule has 34 heavy (non-hydrogen) atoms. The van der Waals surface area contributed by atoms with Crippen LogP contribution in [0, 0.1) is 5.41 Å². The molecule has 8 nitrogen and oxygen atoms in total. The zero-order chi connectivity index (χ0) is 23.7. The summed E-state index contributed by atoms with van der Waals surface area (Å²) in [6, 6.07) is 13.1. The first-order valence-corrected chi connectivity index (χ1v) is 11.4. The van der Waals surface area contributed by atoms with Crippen LogP contribution in [-0.2, 0) is 4.79 Å². The molecule has 2 fully saturated rings. The third-order valence-corrected chi connectivity index (χ3v) is 7.08. The first-order chi connectivity index (χ1) is 16.5. The fourth-order valence-electron chi connectivity index (χ4n) is 5.05. The molecule has 1 spiro atoms. The van der Waals surface area contributed by atoms with Crippen molar-refractivity contribution in [2.24, 2.45) is 5.41 Å². The lowest BCUT2D eigenvalue weighted by atomic mass is 9.77. The molecule has 1 N–H and O–H groups in total. The molecule has 0 bridgehead atoms. The number of aromatic nitrogens is 2. The summed E-state index contributed by atoms with van der Waals surface area (Å²) >= 11 is 0. The maximum atomic E-state index is 13.0. The summed E-state index contributed by atoms with van der Waals surface area (Å²) in [6.45, 7) is 1.95. The molecule has 2 aromatic carbocycles. The average Bonchev–Trinajstić information content (AvgIpc) is 3.52. The van der Waals surface area contributed by atoms with Crippen LogP contribution in [0.25, 0.3) is 11.1 Å².